The van der Waals surface area contributed by atoms with Gasteiger partial charge in [0.1, 0.15) is 6.04 Å². The summed E-state index contributed by atoms with van der Waals surface area (Å²) < 4.78 is 0. The van der Waals surface area contributed by atoms with E-state index in [1.54, 1.807) is 0 Å². The second-order valence-corrected chi connectivity index (χ2v) is 8.91. The van der Waals surface area contributed by atoms with Crippen LogP contribution in [-0.2, 0) is 9.59 Å². The van der Waals surface area contributed by atoms with Crippen LogP contribution in [0.5, 0.6) is 0 Å². The molecule has 2 amide bonds. The van der Waals surface area contributed by atoms with Crippen molar-refractivity contribution in [1.82, 2.24) is 10.6 Å². The molecule has 5 rings (SSSR count). The Labute approximate surface area is 139 Å². The predicted octanol–water partition coefficient (Wildman–Crippen LogP) is 2.77. The summed E-state index contributed by atoms with van der Waals surface area (Å²) in [7, 11) is 0. The van der Waals surface area contributed by atoms with Crippen molar-refractivity contribution in [2.75, 3.05) is 0 Å². The van der Waals surface area contributed by atoms with Gasteiger partial charge in [0.25, 0.3) is 0 Å². The number of hydrogen-bond donors (Lipinski definition) is 2. The van der Waals surface area contributed by atoms with Gasteiger partial charge >= 0.3 is 0 Å². The van der Waals surface area contributed by atoms with Crippen LogP contribution in [0.4, 0.5) is 0 Å². The van der Waals surface area contributed by atoms with Crippen LogP contribution in [0.3, 0.4) is 0 Å². The maximum atomic E-state index is 13.0. The number of carbonyl (C=O) groups is 2. The van der Waals surface area contributed by atoms with Crippen molar-refractivity contribution in [3.8, 4) is 0 Å². The Morgan fingerprint density at radius 2 is 1.48 bits per heavy atom. The minimum atomic E-state index is -0.317. The van der Waals surface area contributed by atoms with Crippen molar-refractivity contribution < 1.29 is 9.59 Å². The molecule has 0 aromatic carbocycles. The highest BCUT2D eigenvalue weighted by atomic mass is 16.2. The average molecular weight is 318 g/mol. The van der Waals surface area contributed by atoms with Crippen LogP contribution >= 0.6 is 0 Å². The van der Waals surface area contributed by atoms with E-state index in [9.17, 15) is 9.59 Å². The summed E-state index contributed by atoms with van der Waals surface area (Å²) in [6, 6.07) is -0.317. The van der Waals surface area contributed by atoms with Crippen LogP contribution in [0, 0.1) is 23.7 Å². The molecular formula is C19H30N2O2. The molecule has 5 aliphatic rings. The third-order valence-electron chi connectivity index (χ3n) is 6.94. The fourth-order valence-electron chi connectivity index (χ4n) is 6.51. The lowest BCUT2D eigenvalue weighted by atomic mass is 9.53. The Balaban J connectivity index is 1.47. The Hall–Kier alpha value is -1.06. The highest BCUT2D eigenvalue weighted by Crippen LogP contribution is 2.55. The minimum absolute atomic E-state index is 0.0428. The summed E-state index contributed by atoms with van der Waals surface area (Å²) in [5, 5.41) is 6.41. The largest absolute Gasteiger partial charge is 0.349 e. The van der Waals surface area contributed by atoms with E-state index in [0.717, 1.165) is 30.6 Å². The number of rotatable bonds is 4. The van der Waals surface area contributed by atoms with Crippen LogP contribution in [0.25, 0.3) is 0 Å². The average Bonchev–Trinajstić information content (AvgIpc) is 2.96. The molecule has 0 aliphatic heterocycles. The Morgan fingerprint density at radius 3 is 1.96 bits per heavy atom. The lowest BCUT2D eigenvalue weighted by Gasteiger charge is -2.57. The van der Waals surface area contributed by atoms with E-state index >= 15 is 0 Å². The zero-order chi connectivity index (χ0) is 16.0. The molecule has 0 aromatic heterocycles. The Morgan fingerprint density at radius 1 is 0.957 bits per heavy atom. The molecular weight excluding hydrogens is 288 g/mol. The molecule has 0 aromatic rings. The van der Waals surface area contributed by atoms with E-state index in [4.69, 9.17) is 0 Å². The summed E-state index contributed by atoms with van der Waals surface area (Å²) in [6.07, 6.45) is 12.2. The molecule has 0 unspecified atom stereocenters. The van der Waals surface area contributed by atoms with Crippen molar-refractivity contribution in [2.24, 2.45) is 23.7 Å². The number of carbonyl (C=O) groups excluding carboxylic acids is 2. The lowest BCUT2D eigenvalue weighted by Crippen LogP contribution is -2.63. The number of nitrogens with one attached hydrogen (secondary N) is 2. The van der Waals surface area contributed by atoms with Gasteiger partial charge in [0.2, 0.25) is 11.8 Å². The molecule has 23 heavy (non-hydrogen) atoms. The first kappa shape index (κ1) is 15.5. The van der Waals surface area contributed by atoms with E-state index in [2.05, 4.69) is 10.6 Å². The number of amides is 2. The van der Waals surface area contributed by atoms with Gasteiger partial charge in [-0.2, -0.15) is 0 Å². The SMILES string of the molecule is CC(=O)N[C@@H](C(=O)NC12CC3CC(CC(C3)C1)C2)C1CCCC1. The van der Waals surface area contributed by atoms with E-state index in [1.807, 2.05) is 0 Å². The summed E-state index contributed by atoms with van der Waals surface area (Å²) >= 11 is 0. The van der Waals surface area contributed by atoms with Gasteiger partial charge in [0.05, 0.1) is 0 Å². The smallest absolute Gasteiger partial charge is 0.243 e. The van der Waals surface area contributed by atoms with Crippen molar-refractivity contribution in [2.45, 2.75) is 82.7 Å². The molecule has 4 bridgehead atoms. The van der Waals surface area contributed by atoms with Crippen LogP contribution in [-0.4, -0.2) is 23.4 Å². The van der Waals surface area contributed by atoms with Gasteiger partial charge < -0.3 is 10.6 Å². The molecule has 0 saturated heterocycles. The molecule has 5 saturated carbocycles. The first-order chi connectivity index (χ1) is 11.0. The summed E-state index contributed by atoms with van der Waals surface area (Å²) in [4.78, 5) is 24.6. The lowest BCUT2D eigenvalue weighted by molar-refractivity contribution is -0.133. The normalized spacial score (nSPS) is 40.1. The van der Waals surface area contributed by atoms with Crippen molar-refractivity contribution in [3.05, 3.63) is 0 Å². The van der Waals surface area contributed by atoms with Gasteiger partial charge in [-0.3, -0.25) is 9.59 Å². The molecule has 0 heterocycles. The minimum Gasteiger partial charge on any atom is -0.349 e. The first-order valence-electron chi connectivity index (χ1n) is 9.62. The van der Waals surface area contributed by atoms with Gasteiger partial charge in [-0.1, -0.05) is 12.8 Å². The summed E-state index contributed by atoms with van der Waals surface area (Å²) in [5.41, 5.74) is 0.0428. The maximum Gasteiger partial charge on any atom is 0.243 e. The molecule has 5 aliphatic carbocycles. The molecule has 0 spiro atoms. The zero-order valence-corrected chi connectivity index (χ0v) is 14.3. The second kappa shape index (κ2) is 5.78. The molecule has 5 fully saturated rings. The number of hydrogen-bond acceptors (Lipinski definition) is 2. The second-order valence-electron chi connectivity index (χ2n) is 8.91. The standard InChI is InChI=1S/C19H30N2O2/c1-12(22)20-17(16-4-2-3-5-16)18(23)21-19-9-13-6-14(10-19)8-15(7-13)11-19/h13-17H,2-11H2,1H3,(H,20,22)(H,21,23)/t13?,14?,15?,17-,19?/m1/s1. The molecule has 4 heteroatoms. The van der Waals surface area contributed by atoms with E-state index < -0.39 is 0 Å². The Bertz CT molecular complexity index is 460. The van der Waals surface area contributed by atoms with E-state index in [-0.39, 0.29) is 23.4 Å². The van der Waals surface area contributed by atoms with Crippen molar-refractivity contribution in [1.29, 1.82) is 0 Å². The van der Waals surface area contributed by atoms with Gasteiger partial charge in [0.15, 0.2) is 0 Å². The van der Waals surface area contributed by atoms with Crippen LogP contribution < -0.4 is 10.6 Å². The zero-order valence-electron chi connectivity index (χ0n) is 14.3. The van der Waals surface area contributed by atoms with E-state index in [0.29, 0.717) is 5.92 Å². The Kier molecular flexibility index (Phi) is 3.89. The van der Waals surface area contributed by atoms with Crippen molar-refractivity contribution >= 4 is 11.8 Å². The van der Waals surface area contributed by atoms with Crippen LogP contribution in [0.15, 0.2) is 0 Å². The summed E-state index contributed by atoms with van der Waals surface area (Å²) in [5.74, 6) is 2.82. The molecule has 1 atom stereocenters. The van der Waals surface area contributed by atoms with Crippen LogP contribution in [0.2, 0.25) is 0 Å². The summed E-state index contributed by atoms with van der Waals surface area (Å²) in [6.45, 7) is 1.53. The van der Waals surface area contributed by atoms with Gasteiger partial charge in [-0.25, -0.2) is 0 Å². The molecule has 0 radical (unpaired) electrons. The molecule has 128 valence electrons. The third kappa shape index (κ3) is 3.01. The fourth-order valence-corrected chi connectivity index (χ4v) is 6.51. The highest BCUT2D eigenvalue weighted by Gasteiger charge is 2.52. The quantitative estimate of drug-likeness (QED) is 0.837. The van der Waals surface area contributed by atoms with Crippen molar-refractivity contribution in [3.63, 3.8) is 0 Å². The first-order valence-corrected chi connectivity index (χ1v) is 9.62. The van der Waals surface area contributed by atoms with Gasteiger partial charge in [-0.05, 0) is 75.0 Å². The van der Waals surface area contributed by atoms with Gasteiger partial charge in [-0.15, -0.1) is 0 Å². The molecule has 2 N–H and O–H groups in total. The fraction of sp³-hybridized carbons (Fsp3) is 0.895. The van der Waals surface area contributed by atoms with E-state index in [1.165, 1.54) is 58.3 Å². The predicted molar refractivity (Wildman–Crippen MR) is 88.6 cm³/mol. The maximum absolute atomic E-state index is 13.0. The molecule has 4 nitrogen and oxygen atoms in total. The third-order valence-corrected chi connectivity index (χ3v) is 6.94. The monoisotopic (exact) mass is 318 g/mol. The topological polar surface area (TPSA) is 58.2 Å². The van der Waals surface area contributed by atoms with Crippen LogP contribution in [0.1, 0.15) is 71.1 Å². The highest BCUT2D eigenvalue weighted by molar-refractivity contribution is 5.87. The van der Waals surface area contributed by atoms with Gasteiger partial charge in [0, 0.05) is 12.5 Å².